The molecular weight excluding hydrogens is 533 g/mol. The zero-order chi connectivity index (χ0) is 21.5. The van der Waals surface area contributed by atoms with Gasteiger partial charge in [-0.25, -0.2) is 4.99 Å². The van der Waals surface area contributed by atoms with Crippen LogP contribution in [0.15, 0.2) is 52.8 Å². The van der Waals surface area contributed by atoms with Gasteiger partial charge in [-0.2, -0.15) is 0 Å². The Bertz CT molecular complexity index is 972. The van der Waals surface area contributed by atoms with Gasteiger partial charge < -0.3 is 15.2 Å². The average molecular weight is 566 g/mol. The number of guanidine groups is 1. The summed E-state index contributed by atoms with van der Waals surface area (Å²) in [5, 5.41) is 17.7. The van der Waals surface area contributed by atoms with Crippen molar-refractivity contribution in [2.24, 2.45) is 12.0 Å². The van der Waals surface area contributed by atoms with E-state index in [1.807, 2.05) is 18.5 Å². The highest BCUT2D eigenvalue weighted by atomic mass is 127. The third-order valence-electron chi connectivity index (χ3n) is 5.67. The lowest BCUT2D eigenvalue weighted by molar-refractivity contribution is 0.192. The molecule has 172 valence electrons. The minimum absolute atomic E-state index is 0. The number of hydrogen-bond donors (Lipinski definition) is 2. The Balaban J connectivity index is 0.00000289. The van der Waals surface area contributed by atoms with Gasteiger partial charge in [0.1, 0.15) is 12.4 Å². The van der Waals surface area contributed by atoms with Crippen LogP contribution in [0.25, 0.3) is 0 Å². The fourth-order valence-corrected chi connectivity index (χ4v) is 4.47. The Kier molecular flexibility index (Phi) is 9.49. The number of aryl methyl sites for hydroxylation is 1. The molecule has 0 bridgehead atoms. The molecule has 1 unspecified atom stereocenters. The van der Waals surface area contributed by atoms with Crippen molar-refractivity contribution in [3.8, 4) is 0 Å². The first-order chi connectivity index (χ1) is 15.2. The highest BCUT2D eigenvalue weighted by Crippen LogP contribution is 2.14. The molecule has 0 aliphatic carbocycles. The molecule has 1 aliphatic rings. The molecule has 0 saturated carbocycles. The van der Waals surface area contributed by atoms with E-state index in [9.17, 15) is 0 Å². The van der Waals surface area contributed by atoms with Gasteiger partial charge in [-0.15, -0.1) is 45.5 Å². The number of nitrogens with zero attached hydrogens (tertiary/aromatic N) is 5. The third-order valence-corrected chi connectivity index (χ3v) is 6.54. The fraction of sp³-hybridized carbons (Fsp3) is 0.435. The normalized spacial score (nSPS) is 17.1. The van der Waals surface area contributed by atoms with Gasteiger partial charge in [-0.05, 0) is 43.3 Å². The van der Waals surface area contributed by atoms with E-state index in [0.717, 1.165) is 50.2 Å². The predicted molar refractivity (Wildman–Crippen MR) is 141 cm³/mol. The van der Waals surface area contributed by atoms with Gasteiger partial charge in [0.25, 0.3) is 0 Å². The van der Waals surface area contributed by atoms with Crippen LogP contribution in [0.2, 0.25) is 0 Å². The number of piperidine rings is 1. The van der Waals surface area contributed by atoms with Crippen LogP contribution >= 0.6 is 35.3 Å². The Morgan fingerprint density at radius 1 is 1.19 bits per heavy atom. The second kappa shape index (κ2) is 12.3. The molecule has 0 spiro atoms. The number of nitrogens with one attached hydrogen (secondary N) is 2. The molecule has 1 aromatic carbocycles. The summed E-state index contributed by atoms with van der Waals surface area (Å²) in [6, 6.07) is 15.3. The van der Waals surface area contributed by atoms with E-state index >= 15 is 0 Å². The molecule has 2 aromatic heterocycles. The van der Waals surface area contributed by atoms with Gasteiger partial charge in [-0.3, -0.25) is 4.90 Å². The monoisotopic (exact) mass is 565 g/mol. The maximum atomic E-state index is 4.83. The zero-order valence-corrected chi connectivity index (χ0v) is 21.8. The molecule has 0 radical (unpaired) electrons. The highest BCUT2D eigenvalue weighted by molar-refractivity contribution is 14.0. The Morgan fingerprint density at radius 2 is 2.03 bits per heavy atom. The standard InChI is InChI=1S/C23H31N7S.HI/c1-18-27-28-22(29(18)2)15-25-23(24-14-21-11-7-13-31-21)26-20-10-6-12-30(17-20)16-19-8-4-3-5-9-19;/h3-5,7-9,11,13,20H,6,10,12,14-17H2,1-2H3,(H2,24,25,26);1H. The van der Waals surface area contributed by atoms with E-state index in [1.54, 1.807) is 11.3 Å². The molecule has 1 saturated heterocycles. The van der Waals surface area contributed by atoms with Gasteiger partial charge >= 0.3 is 0 Å². The van der Waals surface area contributed by atoms with E-state index in [1.165, 1.54) is 16.9 Å². The second-order valence-corrected chi connectivity index (χ2v) is 9.06. The lowest BCUT2D eigenvalue weighted by Gasteiger charge is -2.34. The minimum atomic E-state index is 0. The van der Waals surface area contributed by atoms with Crippen molar-refractivity contribution >= 4 is 41.3 Å². The van der Waals surface area contributed by atoms with Crippen LogP contribution in [0.4, 0.5) is 0 Å². The lowest BCUT2D eigenvalue weighted by Crippen LogP contribution is -2.50. The van der Waals surface area contributed by atoms with Crippen LogP contribution in [0.5, 0.6) is 0 Å². The summed E-state index contributed by atoms with van der Waals surface area (Å²) < 4.78 is 1.99. The van der Waals surface area contributed by atoms with E-state index in [0.29, 0.717) is 12.6 Å². The van der Waals surface area contributed by atoms with Crippen molar-refractivity contribution < 1.29 is 0 Å². The fourth-order valence-electron chi connectivity index (χ4n) is 3.83. The first kappa shape index (κ1) is 24.7. The summed E-state index contributed by atoms with van der Waals surface area (Å²) in [6.07, 6.45) is 2.33. The van der Waals surface area contributed by atoms with Gasteiger partial charge in [0.15, 0.2) is 11.8 Å². The topological polar surface area (TPSA) is 70.4 Å². The SMILES string of the molecule is Cc1nnc(CN=C(NCc2cccs2)NC2CCCN(Cc3ccccc3)C2)n1C.I. The van der Waals surface area contributed by atoms with Crippen LogP contribution in [-0.2, 0) is 26.7 Å². The number of aromatic nitrogens is 3. The lowest BCUT2D eigenvalue weighted by atomic mass is 10.0. The van der Waals surface area contributed by atoms with E-state index in [2.05, 4.69) is 73.6 Å². The van der Waals surface area contributed by atoms with Gasteiger partial charge in [0.2, 0.25) is 0 Å². The molecule has 7 nitrogen and oxygen atoms in total. The second-order valence-electron chi connectivity index (χ2n) is 8.02. The van der Waals surface area contributed by atoms with Crippen molar-refractivity contribution in [2.75, 3.05) is 13.1 Å². The molecule has 32 heavy (non-hydrogen) atoms. The molecule has 1 fully saturated rings. The molecule has 3 aromatic rings. The maximum Gasteiger partial charge on any atom is 0.192 e. The summed E-state index contributed by atoms with van der Waals surface area (Å²) in [5.74, 6) is 2.60. The van der Waals surface area contributed by atoms with Crippen molar-refractivity contribution in [3.63, 3.8) is 0 Å². The largest absolute Gasteiger partial charge is 0.352 e. The van der Waals surface area contributed by atoms with E-state index in [-0.39, 0.29) is 24.0 Å². The van der Waals surface area contributed by atoms with E-state index < -0.39 is 0 Å². The number of halogens is 1. The smallest absolute Gasteiger partial charge is 0.192 e. The summed E-state index contributed by atoms with van der Waals surface area (Å²) in [4.78, 5) is 8.65. The summed E-state index contributed by atoms with van der Waals surface area (Å²) >= 11 is 1.75. The van der Waals surface area contributed by atoms with Crippen molar-refractivity contribution in [2.45, 2.75) is 45.4 Å². The number of likely N-dealkylation sites (tertiary alicyclic amines) is 1. The summed E-state index contributed by atoms with van der Waals surface area (Å²) in [5.41, 5.74) is 1.37. The Hall–Kier alpha value is -1.98. The first-order valence-corrected chi connectivity index (χ1v) is 11.7. The molecule has 9 heteroatoms. The van der Waals surface area contributed by atoms with Crippen LogP contribution in [0, 0.1) is 6.92 Å². The third kappa shape index (κ3) is 7.01. The zero-order valence-electron chi connectivity index (χ0n) is 18.7. The molecule has 3 heterocycles. The molecule has 1 atom stereocenters. The van der Waals surface area contributed by atoms with Crippen LogP contribution in [0.1, 0.15) is 34.9 Å². The highest BCUT2D eigenvalue weighted by Gasteiger charge is 2.21. The Morgan fingerprint density at radius 3 is 2.75 bits per heavy atom. The summed E-state index contributed by atoms with van der Waals surface area (Å²) in [6.45, 7) is 6.36. The van der Waals surface area contributed by atoms with E-state index in [4.69, 9.17) is 4.99 Å². The molecular formula is C23H32IN7S. The van der Waals surface area contributed by atoms with Gasteiger partial charge in [0, 0.05) is 31.1 Å². The van der Waals surface area contributed by atoms with Crippen molar-refractivity contribution in [3.05, 3.63) is 69.9 Å². The minimum Gasteiger partial charge on any atom is -0.352 e. The first-order valence-electron chi connectivity index (χ1n) is 10.9. The molecule has 2 N–H and O–H groups in total. The average Bonchev–Trinajstić information content (AvgIpc) is 3.42. The maximum absolute atomic E-state index is 4.83. The number of aliphatic imine (C=N–C) groups is 1. The Labute approximate surface area is 211 Å². The van der Waals surface area contributed by atoms with Crippen molar-refractivity contribution in [1.82, 2.24) is 30.3 Å². The van der Waals surface area contributed by atoms with Crippen LogP contribution in [0.3, 0.4) is 0 Å². The number of benzene rings is 1. The molecule has 1 aliphatic heterocycles. The quantitative estimate of drug-likeness (QED) is 0.260. The number of hydrogen-bond acceptors (Lipinski definition) is 5. The number of thiophene rings is 1. The van der Waals surface area contributed by atoms with Gasteiger partial charge in [-0.1, -0.05) is 36.4 Å². The van der Waals surface area contributed by atoms with Crippen molar-refractivity contribution in [1.29, 1.82) is 0 Å². The molecule has 0 amide bonds. The molecule has 4 rings (SSSR count). The predicted octanol–water partition coefficient (Wildman–Crippen LogP) is 3.70. The van der Waals surface area contributed by atoms with Crippen LogP contribution < -0.4 is 10.6 Å². The van der Waals surface area contributed by atoms with Gasteiger partial charge in [0.05, 0.1) is 6.54 Å². The number of rotatable bonds is 7. The summed E-state index contributed by atoms with van der Waals surface area (Å²) in [7, 11) is 1.98. The van der Waals surface area contributed by atoms with Crippen LogP contribution in [-0.4, -0.2) is 44.8 Å².